The molecule has 1 saturated heterocycles. The number of benzene rings is 1. The van der Waals surface area contributed by atoms with Gasteiger partial charge in [-0.2, -0.15) is 0 Å². The molecule has 1 heterocycles. The average molecular weight is 356 g/mol. The number of nitrogens with one attached hydrogen (secondary N) is 1. The van der Waals surface area contributed by atoms with Gasteiger partial charge in [-0.05, 0) is 39.0 Å². The summed E-state index contributed by atoms with van der Waals surface area (Å²) in [6.45, 7) is 6.75. The second kappa shape index (κ2) is 6.36. The van der Waals surface area contributed by atoms with E-state index in [1.165, 1.54) is 0 Å². The molecule has 0 radical (unpaired) electrons. The van der Waals surface area contributed by atoms with Gasteiger partial charge in [0.2, 0.25) is 0 Å². The molecule has 1 N–H and O–H groups in total. The topological polar surface area (TPSA) is 47.6 Å². The Morgan fingerprint density at radius 2 is 2.24 bits per heavy atom. The number of anilines is 1. The molecule has 1 atom stereocenters. The van der Waals surface area contributed by atoms with E-state index in [0.717, 1.165) is 10.2 Å². The second-order valence-electron chi connectivity index (χ2n) is 5.97. The number of carbonyl (C=O) groups is 1. The summed E-state index contributed by atoms with van der Waals surface area (Å²) in [7, 11) is 0. The van der Waals surface area contributed by atoms with Crippen LogP contribution >= 0.6 is 15.9 Å². The van der Waals surface area contributed by atoms with Gasteiger partial charge in [-0.25, -0.2) is 4.79 Å². The Morgan fingerprint density at radius 3 is 2.86 bits per heavy atom. The minimum atomic E-state index is -0.738. The zero-order chi connectivity index (χ0) is 15.5. The monoisotopic (exact) mass is 355 g/mol. The SMILES string of the molecule is CCOC(=O)C1(Nc2cccc(Br)c2)CCOC(C)(C)C1. The van der Waals surface area contributed by atoms with E-state index < -0.39 is 5.54 Å². The van der Waals surface area contributed by atoms with Gasteiger partial charge in [0.1, 0.15) is 5.54 Å². The van der Waals surface area contributed by atoms with Gasteiger partial charge in [0.05, 0.1) is 18.8 Å². The summed E-state index contributed by atoms with van der Waals surface area (Å²) in [6.07, 6.45) is 1.17. The standard InChI is InChI=1S/C16H22BrNO3/c1-4-20-14(19)16(8-9-21-15(2,3)11-16)18-13-7-5-6-12(17)10-13/h5-7,10,18H,4,8-9,11H2,1-3H3. The van der Waals surface area contributed by atoms with Crippen molar-refractivity contribution >= 4 is 27.6 Å². The number of carbonyl (C=O) groups excluding carboxylic acids is 1. The lowest BCUT2D eigenvalue weighted by molar-refractivity contribution is -0.158. The van der Waals surface area contributed by atoms with E-state index in [9.17, 15) is 4.79 Å². The molecule has 1 aromatic rings. The summed E-state index contributed by atoms with van der Waals surface area (Å²) in [5.41, 5.74) is -0.196. The predicted octanol–water partition coefficient (Wildman–Crippen LogP) is 3.75. The molecule has 4 nitrogen and oxygen atoms in total. The molecule has 2 rings (SSSR count). The molecule has 0 aromatic heterocycles. The Labute approximate surface area is 134 Å². The highest BCUT2D eigenvalue weighted by Crippen LogP contribution is 2.36. The molecular weight excluding hydrogens is 334 g/mol. The van der Waals surface area contributed by atoms with Crippen molar-refractivity contribution in [3.63, 3.8) is 0 Å². The van der Waals surface area contributed by atoms with E-state index in [4.69, 9.17) is 9.47 Å². The van der Waals surface area contributed by atoms with Crippen molar-refractivity contribution in [3.8, 4) is 0 Å². The smallest absolute Gasteiger partial charge is 0.331 e. The van der Waals surface area contributed by atoms with Crippen LogP contribution in [0.25, 0.3) is 0 Å². The minimum Gasteiger partial charge on any atom is -0.464 e. The minimum absolute atomic E-state index is 0.207. The van der Waals surface area contributed by atoms with Gasteiger partial charge in [-0.3, -0.25) is 0 Å². The van der Waals surface area contributed by atoms with Crippen molar-refractivity contribution in [2.45, 2.75) is 44.8 Å². The molecule has 21 heavy (non-hydrogen) atoms. The predicted molar refractivity (Wildman–Crippen MR) is 86.4 cm³/mol. The fourth-order valence-corrected chi connectivity index (χ4v) is 3.21. The van der Waals surface area contributed by atoms with E-state index in [1.807, 2.05) is 45.0 Å². The summed E-state index contributed by atoms with van der Waals surface area (Å²) >= 11 is 3.45. The van der Waals surface area contributed by atoms with E-state index in [-0.39, 0.29) is 11.6 Å². The van der Waals surface area contributed by atoms with E-state index in [0.29, 0.717) is 26.1 Å². The highest BCUT2D eigenvalue weighted by molar-refractivity contribution is 9.10. The first-order valence-corrected chi connectivity index (χ1v) is 8.01. The maximum atomic E-state index is 12.5. The summed E-state index contributed by atoms with van der Waals surface area (Å²) in [6, 6.07) is 7.81. The normalized spacial score (nSPS) is 24.4. The van der Waals surface area contributed by atoms with Gasteiger partial charge in [0, 0.05) is 23.0 Å². The Hall–Kier alpha value is -1.07. The number of halogens is 1. The zero-order valence-electron chi connectivity index (χ0n) is 12.7. The quantitative estimate of drug-likeness (QED) is 0.835. The number of rotatable bonds is 4. The molecule has 0 spiro atoms. The van der Waals surface area contributed by atoms with Crippen LogP contribution in [0.2, 0.25) is 0 Å². The van der Waals surface area contributed by atoms with Crippen molar-refractivity contribution in [3.05, 3.63) is 28.7 Å². The first-order valence-electron chi connectivity index (χ1n) is 7.22. The average Bonchev–Trinajstić information content (AvgIpc) is 2.37. The lowest BCUT2D eigenvalue weighted by atomic mass is 9.81. The molecule has 0 saturated carbocycles. The third-order valence-corrected chi connectivity index (χ3v) is 4.12. The Balaban J connectivity index is 2.29. The molecule has 0 aliphatic carbocycles. The van der Waals surface area contributed by atoms with E-state index >= 15 is 0 Å². The van der Waals surface area contributed by atoms with Crippen LogP contribution in [-0.2, 0) is 14.3 Å². The third kappa shape index (κ3) is 3.98. The Kier molecular flexibility index (Phi) is 4.94. The molecule has 116 valence electrons. The number of ether oxygens (including phenoxy) is 2. The van der Waals surface area contributed by atoms with Crippen molar-refractivity contribution in [2.24, 2.45) is 0 Å². The number of hydrogen-bond donors (Lipinski definition) is 1. The first kappa shape index (κ1) is 16.3. The van der Waals surface area contributed by atoms with Crippen LogP contribution in [-0.4, -0.2) is 30.3 Å². The van der Waals surface area contributed by atoms with Crippen LogP contribution in [0.4, 0.5) is 5.69 Å². The van der Waals surface area contributed by atoms with Gasteiger partial charge in [-0.15, -0.1) is 0 Å². The van der Waals surface area contributed by atoms with Crippen LogP contribution in [0.3, 0.4) is 0 Å². The number of hydrogen-bond acceptors (Lipinski definition) is 4. The van der Waals surface area contributed by atoms with Crippen LogP contribution in [0.5, 0.6) is 0 Å². The van der Waals surface area contributed by atoms with Crippen molar-refractivity contribution in [1.29, 1.82) is 0 Å². The highest BCUT2D eigenvalue weighted by Gasteiger charge is 2.47. The van der Waals surface area contributed by atoms with Crippen LogP contribution < -0.4 is 5.32 Å². The van der Waals surface area contributed by atoms with E-state index in [1.54, 1.807) is 0 Å². The molecule has 1 fully saturated rings. The van der Waals surface area contributed by atoms with Crippen LogP contribution in [0.15, 0.2) is 28.7 Å². The molecule has 1 aliphatic heterocycles. The summed E-state index contributed by atoms with van der Waals surface area (Å²) in [5, 5.41) is 3.39. The highest BCUT2D eigenvalue weighted by atomic mass is 79.9. The van der Waals surface area contributed by atoms with Crippen molar-refractivity contribution in [1.82, 2.24) is 0 Å². The maximum Gasteiger partial charge on any atom is 0.331 e. The molecule has 5 heteroatoms. The largest absolute Gasteiger partial charge is 0.464 e. The Morgan fingerprint density at radius 1 is 1.48 bits per heavy atom. The van der Waals surface area contributed by atoms with Crippen molar-refractivity contribution in [2.75, 3.05) is 18.5 Å². The summed E-state index contributed by atoms with van der Waals surface area (Å²) in [5.74, 6) is -0.207. The second-order valence-corrected chi connectivity index (χ2v) is 6.89. The van der Waals surface area contributed by atoms with Gasteiger partial charge >= 0.3 is 5.97 Å². The molecule has 1 aliphatic rings. The zero-order valence-corrected chi connectivity index (χ0v) is 14.3. The lowest BCUT2D eigenvalue weighted by Crippen LogP contribution is -2.56. The third-order valence-electron chi connectivity index (χ3n) is 3.62. The van der Waals surface area contributed by atoms with Gasteiger partial charge in [0.15, 0.2) is 0 Å². The molecule has 1 aromatic carbocycles. The molecule has 1 unspecified atom stereocenters. The molecular formula is C16H22BrNO3. The van der Waals surface area contributed by atoms with E-state index in [2.05, 4.69) is 21.2 Å². The van der Waals surface area contributed by atoms with Crippen molar-refractivity contribution < 1.29 is 14.3 Å². The molecule has 0 amide bonds. The van der Waals surface area contributed by atoms with Crippen LogP contribution in [0, 0.1) is 0 Å². The molecule has 0 bridgehead atoms. The fraction of sp³-hybridized carbons (Fsp3) is 0.562. The lowest BCUT2D eigenvalue weighted by Gasteiger charge is -2.43. The summed E-state index contributed by atoms with van der Waals surface area (Å²) in [4.78, 5) is 12.5. The Bertz CT molecular complexity index is 518. The first-order chi connectivity index (χ1) is 9.87. The fourth-order valence-electron chi connectivity index (χ4n) is 2.81. The maximum absolute atomic E-state index is 12.5. The van der Waals surface area contributed by atoms with Gasteiger partial charge in [-0.1, -0.05) is 22.0 Å². The van der Waals surface area contributed by atoms with Gasteiger partial charge < -0.3 is 14.8 Å². The summed E-state index contributed by atoms with van der Waals surface area (Å²) < 4.78 is 12.0. The van der Waals surface area contributed by atoms with Gasteiger partial charge in [0.25, 0.3) is 0 Å². The number of esters is 1. The van der Waals surface area contributed by atoms with Crippen LogP contribution in [0.1, 0.15) is 33.6 Å².